The second-order valence-electron chi connectivity index (χ2n) is 5.38. The van der Waals surface area contributed by atoms with E-state index in [4.69, 9.17) is 4.42 Å². The Morgan fingerprint density at radius 1 is 1.31 bits per heavy atom. The van der Waals surface area contributed by atoms with E-state index in [2.05, 4.69) is 32.9 Å². The van der Waals surface area contributed by atoms with E-state index in [1.807, 2.05) is 6.26 Å². The number of aryl methyl sites for hydroxylation is 2. The molecule has 3 rings (SSSR count). The van der Waals surface area contributed by atoms with Crippen LogP contribution in [0.1, 0.15) is 42.9 Å². The van der Waals surface area contributed by atoms with Gasteiger partial charge in [-0.1, -0.05) is 19.9 Å². The van der Waals surface area contributed by atoms with E-state index < -0.39 is 0 Å². The van der Waals surface area contributed by atoms with Crippen LogP contribution < -0.4 is 0 Å². The maximum Gasteiger partial charge on any atom is 0.134 e. The van der Waals surface area contributed by atoms with Gasteiger partial charge in [0.15, 0.2) is 0 Å². The molecule has 1 nitrogen and oxygen atoms in total. The molecule has 0 fully saturated rings. The average molecular weight is 214 g/mol. The van der Waals surface area contributed by atoms with Crippen LogP contribution in [-0.4, -0.2) is 0 Å². The van der Waals surface area contributed by atoms with E-state index in [9.17, 15) is 0 Å². The van der Waals surface area contributed by atoms with Gasteiger partial charge in [-0.15, -0.1) is 0 Å². The molecular formula is C15H18O. The van der Waals surface area contributed by atoms with Crippen LogP contribution in [0.5, 0.6) is 0 Å². The Kier molecular flexibility index (Phi) is 2.10. The quantitative estimate of drug-likeness (QED) is 0.684. The van der Waals surface area contributed by atoms with Gasteiger partial charge >= 0.3 is 0 Å². The zero-order valence-electron chi connectivity index (χ0n) is 10.2. The molecule has 16 heavy (non-hydrogen) atoms. The third-order valence-electron chi connectivity index (χ3n) is 3.86. The summed E-state index contributed by atoms with van der Waals surface area (Å²) >= 11 is 0. The zero-order valence-corrected chi connectivity index (χ0v) is 10.2. The van der Waals surface area contributed by atoms with Crippen molar-refractivity contribution in [2.45, 2.75) is 39.5 Å². The van der Waals surface area contributed by atoms with E-state index in [1.54, 1.807) is 0 Å². The van der Waals surface area contributed by atoms with Crippen molar-refractivity contribution in [1.29, 1.82) is 0 Å². The number of furan rings is 1. The zero-order chi connectivity index (χ0) is 11.3. The smallest absolute Gasteiger partial charge is 0.134 e. The molecule has 0 radical (unpaired) electrons. The lowest BCUT2D eigenvalue weighted by atomic mass is 9.77. The second-order valence-corrected chi connectivity index (χ2v) is 5.38. The molecule has 2 aromatic rings. The summed E-state index contributed by atoms with van der Waals surface area (Å²) < 4.78 is 5.67. The summed E-state index contributed by atoms with van der Waals surface area (Å²) in [6, 6.07) is 4.51. The number of benzene rings is 1. The molecule has 1 atom stereocenters. The monoisotopic (exact) mass is 214 g/mol. The van der Waals surface area contributed by atoms with Crippen LogP contribution in [0.4, 0.5) is 0 Å². The van der Waals surface area contributed by atoms with Crippen LogP contribution >= 0.6 is 0 Å². The predicted octanol–water partition coefficient (Wildman–Crippen LogP) is 4.43. The van der Waals surface area contributed by atoms with Crippen LogP contribution in [0.3, 0.4) is 0 Å². The highest BCUT2D eigenvalue weighted by molar-refractivity contribution is 5.86. The number of rotatable bonds is 1. The molecule has 0 aliphatic heterocycles. The Morgan fingerprint density at radius 3 is 2.88 bits per heavy atom. The lowest BCUT2D eigenvalue weighted by Gasteiger charge is -2.26. The Hall–Kier alpha value is -1.24. The summed E-state index contributed by atoms with van der Waals surface area (Å²) in [6.45, 7) is 6.80. The van der Waals surface area contributed by atoms with Crippen LogP contribution in [0.15, 0.2) is 22.8 Å². The highest BCUT2D eigenvalue weighted by Gasteiger charge is 2.25. The third kappa shape index (κ3) is 1.31. The fourth-order valence-corrected chi connectivity index (χ4v) is 3.05. The van der Waals surface area contributed by atoms with E-state index in [0.717, 1.165) is 5.58 Å². The highest BCUT2D eigenvalue weighted by Crippen LogP contribution is 2.41. The molecule has 84 valence electrons. The first-order valence-corrected chi connectivity index (χ1v) is 6.17. The Balaban J connectivity index is 2.31. The molecule has 1 aliphatic carbocycles. The minimum Gasteiger partial charge on any atom is -0.464 e. The minimum atomic E-state index is 0.701. The average Bonchev–Trinajstić information content (AvgIpc) is 2.62. The first-order valence-electron chi connectivity index (χ1n) is 6.17. The topological polar surface area (TPSA) is 13.1 Å². The van der Waals surface area contributed by atoms with Crippen molar-refractivity contribution in [3.8, 4) is 0 Å². The molecule has 0 spiro atoms. The molecule has 0 bridgehead atoms. The van der Waals surface area contributed by atoms with Crippen molar-refractivity contribution < 1.29 is 4.42 Å². The van der Waals surface area contributed by atoms with E-state index in [1.165, 1.54) is 34.9 Å². The fourth-order valence-electron chi connectivity index (χ4n) is 3.05. The van der Waals surface area contributed by atoms with Crippen molar-refractivity contribution in [2.75, 3.05) is 0 Å². The minimum absolute atomic E-state index is 0.701. The van der Waals surface area contributed by atoms with Gasteiger partial charge < -0.3 is 4.42 Å². The third-order valence-corrected chi connectivity index (χ3v) is 3.86. The maximum absolute atomic E-state index is 5.67. The Labute approximate surface area is 96.5 Å². The fraction of sp³-hybridized carbons (Fsp3) is 0.467. The molecular weight excluding hydrogens is 196 g/mol. The van der Waals surface area contributed by atoms with Crippen LogP contribution in [0.25, 0.3) is 11.0 Å². The van der Waals surface area contributed by atoms with Crippen molar-refractivity contribution in [3.63, 3.8) is 0 Å². The first-order chi connectivity index (χ1) is 7.66. The van der Waals surface area contributed by atoms with Gasteiger partial charge in [0.1, 0.15) is 5.58 Å². The first kappa shape index (κ1) is 9.95. The van der Waals surface area contributed by atoms with Gasteiger partial charge in [-0.05, 0) is 54.4 Å². The maximum atomic E-state index is 5.67. The van der Waals surface area contributed by atoms with Gasteiger partial charge in [-0.25, -0.2) is 0 Å². The SMILES string of the molecule is Cc1cc2c3c(coc3c1)CC[C@@H]2C(C)C. The van der Waals surface area contributed by atoms with Gasteiger partial charge in [-0.2, -0.15) is 0 Å². The number of hydrogen-bond donors (Lipinski definition) is 0. The molecule has 0 saturated heterocycles. The van der Waals surface area contributed by atoms with E-state index >= 15 is 0 Å². The summed E-state index contributed by atoms with van der Waals surface area (Å²) in [5.74, 6) is 1.42. The van der Waals surface area contributed by atoms with Gasteiger partial charge in [-0.3, -0.25) is 0 Å². The van der Waals surface area contributed by atoms with Gasteiger partial charge in [0.2, 0.25) is 0 Å². The largest absolute Gasteiger partial charge is 0.464 e. The Bertz CT molecular complexity index is 534. The summed E-state index contributed by atoms with van der Waals surface area (Å²) in [5, 5.41) is 1.40. The standard InChI is InChI=1S/C15H18O/c1-9(2)12-5-4-11-8-16-14-7-10(3)6-13(12)15(11)14/h6-9,12H,4-5H2,1-3H3/t12-/m1/s1. The van der Waals surface area contributed by atoms with E-state index in [-0.39, 0.29) is 0 Å². The van der Waals surface area contributed by atoms with Gasteiger partial charge in [0.25, 0.3) is 0 Å². The summed E-state index contributed by atoms with van der Waals surface area (Å²) in [6.07, 6.45) is 4.39. The number of hydrogen-bond acceptors (Lipinski definition) is 1. The Morgan fingerprint density at radius 2 is 2.12 bits per heavy atom. The molecule has 1 heteroatoms. The predicted molar refractivity (Wildman–Crippen MR) is 66.9 cm³/mol. The highest BCUT2D eigenvalue weighted by atomic mass is 16.3. The second kappa shape index (κ2) is 3.38. The molecule has 0 saturated carbocycles. The van der Waals surface area contributed by atoms with E-state index in [0.29, 0.717) is 11.8 Å². The van der Waals surface area contributed by atoms with Crippen LogP contribution in [0, 0.1) is 12.8 Å². The van der Waals surface area contributed by atoms with Crippen molar-refractivity contribution >= 4 is 11.0 Å². The van der Waals surface area contributed by atoms with Crippen LogP contribution in [0.2, 0.25) is 0 Å². The van der Waals surface area contributed by atoms with Gasteiger partial charge in [0, 0.05) is 5.39 Å². The van der Waals surface area contributed by atoms with Gasteiger partial charge in [0.05, 0.1) is 6.26 Å². The summed E-state index contributed by atoms with van der Waals surface area (Å²) in [7, 11) is 0. The molecule has 0 amide bonds. The normalized spacial score (nSPS) is 19.6. The van der Waals surface area contributed by atoms with Crippen molar-refractivity contribution in [3.05, 3.63) is 35.1 Å². The van der Waals surface area contributed by atoms with Crippen molar-refractivity contribution in [2.24, 2.45) is 5.92 Å². The lowest BCUT2D eigenvalue weighted by molar-refractivity contribution is 0.464. The molecule has 1 aromatic heterocycles. The van der Waals surface area contributed by atoms with Crippen molar-refractivity contribution in [1.82, 2.24) is 0 Å². The molecule has 0 N–H and O–H groups in total. The lowest BCUT2D eigenvalue weighted by Crippen LogP contribution is -2.12. The van der Waals surface area contributed by atoms with Crippen LogP contribution in [-0.2, 0) is 6.42 Å². The molecule has 1 aromatic carbocycles. The summed E-state index contributed by atoms with van der Waals surface area (Å²) in [5.41, 5.74) is 5.31. The molecule has 1 aliphatic rings. The summed E-state index contributed by atoms with van der Waals surface area (Å²) in [4.78, 5) is 0. The molecule has 1 heterocycles. The molecule has 0 unspecified atom stereocenters.